The first-order valence-electron chi connectivity index (χ1n) is 5.55. The van der Waals surface area contributed by atoms with Crippen molar-refractivity contribution in [3.8, 4) is 0 Å². The van der Waals surface area contributed by atoms with Gasteiger partial charge in [-0.15, -0.1) is 0 Å². The van der Waals surface area contributed by atoms with E-state index >= 15 is 0 Å². The van der Waals surface area contributed by atoms with E-state index in [1.165, 1.54) is 0 Å². The SMILES string of the molecule is O=C(COCC(F)(F)F)Nc1ccc(CCO)cc1. The quantitative estimate of drug-likeness (QED) is 0.832. The van der Waals surface area contributed by atoms with E-state index in [-0.39, 0.29) is 6.61 Å². The molecule has 0 saturated heterocycles. The van der Waals surface area contributed by atoms with Gasteiger partial charge in [-0.25, -0.2) is 0 Å². The minimum Gasteiger partial charge on any atom is -0.396 e. The molecule has 2 N–H and O–H groups in total. The number of benzene rings is 1. The predicted octanol–water partition coefficient (Wildman–Crippen LogP) is 1.74. The summed E-state index contributed by atoms with van der Waals surface area (Å²) in [6.07, 6.45) is -3.94. The number of carbonyl (C=O) groups excluding carboxylic acids is 1. The molecule has 7 heteroatoms. The normalized spacial score (nSPS) is 11.4. The van der Waals surface area contributed by atoms with Crippen LogP contribution in [0.2, 0.25) is 0 Å². The van der Waals surface area contributed by atoms with E-state index in [1.54, 1.807) is 24.3 Å². The zero-order valence-electron chi connectivity index (χ0n) is 10.0. The first-order chi connectivity index (χ1) is 8.90. The molecule has 1 aromatic rings. The number of alkyl halides is 3. The number of ether oxygens (including phenoxy) is 1. The van der Waals surface area contributed by atoms with Crippen LogP contribution in [-0.4, -0.2) is 37.0 Å². The Bertz CT molecular complexity index is 404. The minimum atomic E-state index is -4.44. The number of anilines is 1. The van der Waals surface area contributed by atoms with Crippen LogP contribution in [0.25, 0.3) is 0 Å². The Kier molecular flexibility index (Phi) is 5.78. The Morgan fingerprint density at radius 2 is 1.89 bits per heavy atom. The van der Waals surface area contributed by atoms with Gasteiger partial charge in [-0.2, -0.15) is 13.2 Å². The number of hydrogen-bond donors (Lipinski definition) is 2. The van der Waals surface area contributed by atoms with Crippen LogP contribution in [0, 0.1) is 0 Å². The maximum Gasteiger partial charge on any atom is 0.411 e. The lowest BCUT2D eigenvalue weighted by Gasteiger charge is -2.08. The Morgan fingerprint density at radius 3 is 2.42 bits per heavy atom. The maximum atomic E-state index is 11.8. The van der Waals surface area contributed by atoms with E-state index in [9.17, 15) is 18.0 Å². The summed E-state index contributed by atoms with van der Waals surface area (Å²) in [5.74, 6) is -0.654. The van der Waals surface area contributed by atoms with Gasteiger partial charge < -0.3 is 15.2 Å². The molecule has 19 heavy (non-hydrogen) atoms. The van der Waals surface area contributed by atoms with Gasteiger partial charge in [-0.05, 0) is 24.1 Å². The lowest BCUT2D eigenvalue weighted by molar-refractivity contribution is -0.174. The number of aliphatic hydroxyl groups is 1. The lowest BCUT2D eigenvalue weighted by atomic mass is 10.1. The Morgan fingerprint density at radius 1 is 1.26 bits per heavy atom. The molecule has 0 aliphatic rings. The van der Waals surface area contributed by atoms with E-state index in [1.807, 2.05) is 0 Å². The second kappa shape index (κ2) is 7.10. The highest BCUT2D eigenvalue weighted by molar-refractivity contribution is 5.91. The van der Waals surface area contributed by atoms with Gasteiger partial charge in [0.15, 0.2) is 0 Å². The molecule has 0 heterocycles. The van der Waals surface area contributed by atoms with E-state index in [4.69, 9.17) is 5.11 Å². The van der Waals surface area contributed by atoms with Crippen molar-refractivity contribution in [2.45, 2.75) is 12.6 Å². The molecular formula is C12H14F3NO3. The number of nitrogens with one attached hydrogen (secondary N) is 1. The van der Waals surface area contributed by atoms with Crippen molar-refractivity contribution in [3.05, 3.63) is 29.8 Å². The summed E-state index contributed by atoms with van der Waals surface area (Å²) in [5, 5.41) is 11.1. The minimum absolute atomic E-state index is 0.0248. The van der Waals surface area contributed by atoms with Crippen molar-refractivity contribution in [2.75, 3.05) is 25.1 Å². The largest absolute Gasteiger partial charge is 0.411 e. The summed E-state index contributed by atoms with van der Waals surface area (Å²) < 4.78 is 39.5. The molecule has 1 amide bonds. The average molecular weight is 277 g/mol. The fourth-order valence-electron chi connectivity index (χ4n) is 1.34. The third-order valence-electron chi connectivity index (χ3n) is 2.14. The van der Waals surface area contributed by atoms with Gasteiger partial charge in [-0.3, -0.25) is 4.79 Å². The molecule has 0 bridgehead atoms. The molecule has 0 saturated carbocycles. The molecule has 0 fully saturated rings. The van der Waals surface area contributed by atoms with E-state index in [2.05, 4.69) is 10.1 Å². The second-order valence-corrected chi connectivity index (χ2v) is 3.83. The molecule has 0 radical (unpaired) electrons. The van der Waals surface area contributed by atoms with Gasteiger partial charge in [0.1, 0.15) is 13.2 Å². The van der Waals surface area contributed by atoms with Crippen LogP contribution in [0.4, 0.5) is 18.9 Å². The van der Waals surface area contributed by atoms with Crippen LogP contribution in [0.5, 0.6) is 0 Å². The highest BCUT2D eigenvalue weighted by atomic mass is 19.4. The molecule has 0 spiro atoms. The molecule has 0 aliphatic heterocycles. The van der Waals surface area contributed by atoms with Crippen molar-refractivity contribution >= 4 is 11.6 Å². The Balaban J connectivity index is 2.35. The van der Waals surface area contributed by atoms with Gasteiger partial charge in [0.2, 0.25) is 5.91 Å². The van der Waals surface area contributed by atoms with Gasteiger partial charge in [0, 0.05) is 12.3 Å². The maximum absolute atomic E-state index is 11.8. The van der Waals surface area contributed by atoms with Gasteiger partial charge >= 0.3 is 6.18 Å². The number of rotatable bonds is 6. The third kappa shape index (κ3) is 6.78. The number of halogens is 3. The Hall–Kier alpha value is -1.60. The standard InChI is InChI=1S/C12H14F3NO3/c13-12(14,15)8-19-7-11(18)16-10-3-1-9(2-4-10)5-6-17/h1-4,17H,5-8H2,(H,16,18). The highest BCUT2D eigenvalue weighted by Crippen LogP contribution is 2.14. The van der Waals surface area contributed by atoms with E-state index in [0.29, 0.717) is 12.1 Å². The highest BCUT2D eigenvalue weighted by Gasteiger charge is 2.27. The summed E-state index contributed by atoms with van der Waals surface area (Å²) >= 11 is 0. The number of carbonyl (C=O) groups is 1. The zero-order valence-corrected chi connectivity index (χ0v) is 10.0. The molecule has 106 valence electrons. The molecule has 0 atom stereocenters. The molecule has 0 aliphatic carbocycles. The van der Waals surface area contributed by atoms with E-state index in [0.717, 1.165) is 5.56 Å². The monoisotopic (exact) mass is 277 g/mol. The first-order valence-corrected chi connectivity index (χ1v) is 5.55. The van der Waals surface area contributed by atoms with Crippen molar-refractivity contribution in [1.29, 1.82) is 0 Å². The number of aliphatic hydroxyl groups excluding tert-OH is 1. The van der Waals surface area contributed by atoms with Crippen LogP contribution in [-0.2, 0) is 16.0 Å². The van der Waals surface area contributed by atoms with Crippen molar-refractivity contribution in [3.63, 3.8) is 0 Å². The summed E-state index contributed by atoms with van der Waals surface area (Å²) in [6, 6.07) is 6.63. The average Bonchev–Trinajstić information content (AvgIpc) is 2.30. The molecule has 1 aromatic carbocycles. The summed E-state index contributed by atoms with van der Waals surface area (Å²) in [6.45, 7) is -2.08. The van der Waals surface area contributed by atoms with Crippen molar-refractivity contribution < 1.29 is 27.8 Å². The van der Waals surface area contributed by atoms with Gasteiger partial charge in [0.25, 0.3) is 0 Å². The topological polar surface area (TPSA) is 58.6 Å². The van der Waals surface area contributed by atoms with Crippen LogP contribution in [0.1, 0.15) is 5.56 Å². The fourth-order valence-corrected chi connectivity index (χ4v) is 1.34. The summed E-state index contributed by atoms with van der Waals surface area (Å²) in [7, 11) is 0. The summed E-state index contributed by atoms with van der Waals surface area (Å²) in [4.78, 5) is 11.3. The molecule has 4 nitrogen and oxygen atoms in total. The van der Waals surface area contributed by atoms with E-state index < -0.39 is 25.3 Å². The molecule has 0 aromatic heterocycles. The van der Waals surface area contributed by atoms with Crippen LogP contribution < -0.4 is 5.32 Å². The molecule has 1 rings (SSSR count). The first kappa shape index (κ1) is 15.5. The Labute approximate surface area is 108 Å². The lowest BCUT2D eigenvalue weighted by Crippen LogP contribution is -2.23. The van der Waals surface area contributed by atoms with Gasteiger partial charge in [-0.1, -0.05) is 12.1 Å². The van der Waals surface area contributed by atoms with Crippen LogP contribution in [0.15, 0.2) is 24.3 Å². The number of amides is 1. The van der Waals surface area contributed by atoms with Crippen LogP contribution in [0.3, 0.4) is 0 Å². The van der Waals surface area contributed by atoms with Crippen LogP contribution >= 0.6 is 0 Å². The van der Waals surface area contributed by atoms with Crippen molar-refractivity contribution in [2.24, 2.45) is 0 Å². The number of hydrogen-bond acceptors (Lipinski definition) is 3. The fraction of sp³-hybridized carbons (Fsp3) is 0.417. The smallest absolute Gasteiger partial charge is 0.396 e. The molecule has 0 unspecified atom stereocenters. The zero-order chi connectivity index (χ0) is 14.3. The van der Waals surface area contributed by atoms with Crippen molar-refractivity contribution in [1.82, 2.24) is 0 Å². The second-order valence-electron chi connectivity index (χ2n) is 3.83. The molecular weight excluding hydrogens is 263 g/mol. The van der Waals surface area contributed by atoms with Gasteiger partial charge in [0.05, 0.1) is 0 Å². The predicted molar refractivity (Wildman–Crippen MR) is 62.7 cm³/mol. The summed E-state index contributed by atoms with van der Waals surface area (Å²) in [5.41, 5.74) is 1.36. The third-order valence-corrected chi connectivity index (χ3v) is 2.14.